The molecule has 0 aliphatic rings. The average molecular weight is 292 g/mol. The lowest BCUT2D eigenvalue weighted by molar-refractivity contribution is 0.566. The van der Waals surface area contributed by atoms with Crippen LogP contribution in [0, 0.1) is 0 Å². The Morgan fingerprint density at radius 2 is 1.50 bits per heavy atom. The van der Waals surface area contributed by atoms with Crippen molar-refractivity contribution in [3.8, 4) is 0 Å². The Bertz CT molecular complexity index is 479. The lowest BCUT2D eigenvalue weighted by Gasteiger charge is -2.11. The zero-order valence-electron chi connectivity index (χ0n) is 9.74. The summed E-state index contributed by atoms with van der Waals surface area (Å²) in [5, 5.41) is 5.03. The van der Waals surface area contributed by atoms with Crippen LogP contribution < -0.4 is 32.2 Å². The molecule has 0 atom stereocenters. The summed E-state index contributed by atoms with van der Waals surface area (Å²) in [5.74, 6) is 0. The van der Waals surface area contributed by atoms with Crippen molar-refractivity contribution in [2.24, 2.45) is 22.0 Å². The van der Waals surface area contributed by atoms with Gasteiger partial charge in [-0.25, -0.2) is 5.09 Å². The van der Waals surface area contributed by atoms with Gasteiger partial charge in [-0.1, -0.05) is 12.1 Å². The van der Waals surface area contributed by atoms with Gasteiger partial charge in [-0.3, -0.25) is 31.1 Å². The third-order valence-electron chi connectivity index (χ3n) is 2.03. The normalized spacial score (nSPS) is 12.4. The smallest absolute Gasteiger partial charge is 0.298 e. The Balaban J connectivity index is 2.51. The summed E-state index contributed by atoms with van der Waals surface area (Å²) in [7, 11) is -6.45. The minimum atomic E-state index is -3.28. The van der Waals surface area contributed by atoms with Gasteiger partial charge in [0.25, 0.3) is 15.2 Å². The van der Waals surface area contributed by atoms with Crippen LogP contribution in [0.2, 0.25) is 0 Å². The molecular weight excluding hydrogens is 274 g/mol. The Hall–Kier alpha value is -0.720. The van der Waals surface area contributed by atoms with Crippen molar-refractivity contribution in [3.05, 3.63) is 29.8 Å². The van der Waals surface area contributed by atoms with Crippen LogP contribution in [0.25, 0.3) is 0 Å². The van der Waals surface area contributed by atoms with E-state index in [4.69, 9.17) is 22.0 Å². The van der Waals surface area contributed by atoms with Gasteiger partial charge in [-0.15, -0.1) is 0 Å². The lowest BCUT2D eigenvalue weighted by atomic mass is 10.1. The maximum atomic E-state index is 11.1. The first-order valence-electron chi connectivity index (χ1n) is 5.12. The summed E-state index contributed by atoms with van der Waals surface area (Å²) < 4.78 is 22.1. The fourth-order valence-corrected chi connectivity index (χ4v) is 2.34. The molecule has 10 heteroatoms. The highest BCUT2D eigenvalue weighted by atomic mass is 31.2. The molecule has 0 radical (unpaired) electrons. The molecular formula is C8H18N6O2P2. The van der Waals surface area contributed by atoms with Crippen LogP contribution in [-0.2, 0) is 15.6 Å². The number of anilines is 1. The number of nitrogens with two attached hydrogens (primary N) is 4. The predicted octanol–water partition coefficient (Wildman–Crippen LogP) is 0.282. The van der Waals surface area contributed by atoms with Gasteiger partial charge in [0, 0.05) is 12.2 Å². The quantitative estimate of drug-likeness (QED) is 0.407. The molecule has 0 heterocycles. The Morgan fingerprint density at radius 1 is 0.944 bits per heavy atom. The molecule has 0 aliphatic heterocycles. The van der Waals surface area contributed by atoms with Gasteiger partial charge in [0.15, 0.2) is 0 Å². The van der Waals surface area contributed by atoms with Crippen LogP contribution in [0.5, 0.6) is 0 Å². The summed E-state index contributed by atoms with van der Waals surface area (Å²) in [6.45, 7) is 0.406. The monoisotopic (exact) mass is 292 g/mol. The number of rotatable bonds is 6. The zero-order valence-corrected chi connectivity index (χ0v) is 11.5. The molecule has 8 nitrogen and oxygen atoms in total. The van der Waals surface area contributed by atoms with Crippen LogP contribution >= 0.6 is 15.2 Å². The molecule has 0 aromatic heterocycles. The SMILES string of the molecule is NP(N)(=O)NCCc1ccc(NP(N)(N)=O)cc1. The largest absolute Gasteiger partial charge is 0.313 e. The first-order chi connectivity index (χ1) is 8.16. The molecule has 1 rings (SSSR count). The fourth-order valence-electron chi connectivity index (χ4n) is 1.32. The number of hydrogen-bond acceptors (Lipinski definition) is 2. The summed E-state index contributed by atoms with van der Waals surface area (Å²) >= 11 is 0. The fraction of sp³-hybridized carbons (Fsp3) is 0.250. The van der Waals surface area contributed by atoms with E-state index < -0.39 is 15.2 Å². The first kappa shape index (κ1) is 15.3. The molecule has 0 amide bonds. The second-order valence-corrected chi connectivity index (χ2v) is 7.26. The average Bonchev–Trinajstić information content (AvgIpc) is 2.16. The van der Waals surface area contributed by atoms with Crippen LogP contribution in [0.15, 0.2) is 24.3 Å². The minimum absolute atomic E-state index is 0.406. The van der Waals surface area contributed by atoms with E-state index in [2.05, 4.69) is 10.2 Å². The molecule has 1 aromatic rings. The van der Waals surface area contributed by atoms with E-state index in [9.17, 15) is 9.13 Å². The van der Waals surface area contributed by atoms with Gasteiger partial charge < -0.3 is 5.09 Å². The van der Waals surface area contributed by atoms with Crippen LogP contribution in [-0.4, -0.2) is 6.54 Å². The molecule has 0 bridgehead atoms. The summed E-state index contributed by atoms with van der Waals surface area (Å²) in [6.07, 6.45) is 0.613. The van der Waals surface area contributed by atoms with Gasteiger partial charge in [-0.05, 0) is 24.1 Å². The molecule has 18 heavy (non-hydrogen) atoms. The first-order valence-corrected chi connectivity index (χ1v) is 8.81. The van der Waals surface area contributed by atoms with E-state index in [-0.39, 0.29) is 0 Å². The van der Waals surface area contributed by atoms with Crippen molar-refractivity contribution in [1.29, 1.82) is 0 Å². The molecule has 0 spiro atoms. The van der Waals surface area contributed by atoms with E-state index in [1.54, 1.807) is 24.3 Å². The van der Waals surface area contributed by atoms with E-state index in [1.807, 2.05) is 0 Å². The molecule has 0 saturated heterocycles. The Labute approximate surface area is 106 Å². The van der Waals surface area contributed by atoms with Crippen LogP contribution in [0.3, 0.4) is 0 Å². The van der Waals surface area contributed by atoms with Gasteiger partial charge in [0.2, 0.25) is 0 Å². The number of nitrogens with one attached hydrogen (secondary N) is 2. The highest BCUT2D eigenvalue weighted by Gasteiger charge is 2.08. The molecule has 1 aromatic carbocycles. The third-order valence-corrected chi connectivity index (χ3v) is 3.36. The van der Waals surface area contributed by atoms with E-state index in [0.29, 0.717) is 18.7 Å². The second-order valence-electron chi connectivity index (χ2n) is 3.89. The van der Waals surface area contributed by atoms with Crippen molar-refractivity contribution >= 4 is 20.9 Å². The van der Waals surface area contributed by atoms with E-state index in [1.165, 1.54) is 0 Å². The minimum Gasteiger partial charge on any atom is -0.313 e. The van der Waals surface area contributed by atoms with Gasteiger partial charge >= 0.3 is 0 Å². The van der Waals surface area contributed by atoms with E-state index >= 15 is 0 Å². The van der Waals surface area contributed by atoms with Crippen molar-refractivity contribution in [2.75, 3.05) is 11.6 Å². The van der Waals surface area contributed by atoms with E-state index in [0.717, 1.165) is 5.56 Å². The predicted molar refractivity (Wildman–Crippen MR) is 73.7 cm³/mol. The van der Waals surface area contributed by atoms with Crippen molar-refractivity contribution in [2.45, 2.75) is 6.42 Å². The van der Waals surface area contributed by atoms with Crippen molar-refractivity contribution in [3.63, 3.8) is 0 Å². The summed E-state index contributed by atoms with van der Waals surface area (Å²) in [4.78, 5) is 0. The van der Waals surface area contributed by atoms with Crippen molar-refractivity contribution < 1.29 is 9.13 Å². The second kappa shape index (κ2) is 5.95. The third kappa shape index (κ3) is 6.88. The van der Waals surface area contributed by atoms with Gasteiger partial charge in [0.1, 0.15) is 0 Å². The molecule has 0 unspecified atom stereocenters. The molecule has 10 N–H and O–H groups in total. The van der Waals surface area contributed by atoms with Crippen LogP contribution in [0.4, 0.5) is 5.69 Å². The van der Waals surface area contributed by atoms with Crippen molar-refractivity contribution in [1.82, 2.24) is 5.09 Å². The number of hydrogen-bond donors (Lipinski definition) is 6. The highest BCUT2D eigenvalue weighted by Crippen LogP contribution is 2.27. The Kier molecular flexibility index (Phi) is 5.07. The molecule has 102 valence electrons. The molecule has 0 fully saturated rings. The summed E-state index contributed by atoms with van der Waals surface area (Å²) in [6, 6.07) is 7.01. The van der Waals surface area contributed by atoms with Crippen LogP contribution in [0.1, 0.15) is 5.56 Å². The van der Waals surface area contributed by atoms with Gasteiger partial charge in [0.05, 0.1) is 0 Å². The number of benzene rings is 1. The van der Waals surface area contributed by atoms with Gasteiger partial charge in [-0.2, -0.15) is 0 Å². The molecule has 0 aliphatic carbocycles. The highest BCUT2D eigenvalue weighted by molar-refractivity contribution is 7.60. The maximum absolute atomic E-state index is 11.1. The Morgan fingerprint density at radius 3 is 1.94 bits per heavy atom. The zero-order chi connectivity index (χ0) is 13.8. The standard InChI is InChI=1S/C8H18N6O2P2/c9-17(10,15)13-6-5-7-1-3-8(4-2-7)14-18(11,12)16/h1-4H,5-6H2,(H5,9,10,13,15)(H5,11,12,14,16). The molecule has 0 saturated carbocycles. The topological polar surface area (TPSA) is 162 Å². The lowest BCUT2D eigenvalue weighted by Crippen LogP contribution is -2.24. The summed E-state index contributed by atoms with van der Waals surface area (Å²) in [5.41, 5.74) is 22.2. The maximum Gasteiger partial charge on any atom is 0.298 e.